The lowest BCUT2D eigenvalue weighted by atomic mass is 10.6. The van der Waals surface area contributed by atoms with Crippen molar-refractivity contribution >= 4 is 16.0 Å². The van der Waals surface area contributed by atoms with Crippen molar-refractivity contribution < 1.29 is 17.9 Å². The van der Waals surface area contributed by atoms with Gasteiger partial charge in [-0.25, -0.2) is 13.4 Å². The summed E-state index contributed by atoms with van der Waals surface area (Å²) in [6, 6.07) is 0. The third kappa shape index (κ3) is 2.88. The minimum Gasteiger partial charge on any atom is -0.468 e. The van der Waals surface area contributed by atoms with E-state index in [1.807, 2.05) is 6.92 Å². The van der Waals surface area contributed by atoms with Crippen LogP contribution in [0.1, 0.15) is 12.7 Å². The fourth-order valence-corrected chi connectivity index (χ4v) is 2.52. The highest BCUT2D eigenvalue weighted by molar-refractivity contribution is 7.89. The number of carbonyl (C=O) groups is 1. The average molecular weight is 275 g/mol. The summed E-state index contributed by atoms with van der Waals surface area (Å²) < 4.78 is 31.3. The van der Waals surface area contributed by atoms with Crippen LogP contribution in [0.15, 0.2) is 11.2 Å². The Labute approximate surface area is 106 Å². The van der Waals surface area contributed by atoms with Crippen molar-refractivity contribution in [2.24, 2.45) is 0 Å². The monoisotopic (exact) mass is 275 g/mol. The van der Waals surface area contributed by atoms with Gasteiger partial charge >= 0.3 is 5.97 Å². The van der Waals surface area contributed by atoms with Crippen molar-refractivity contribution in [1.29, 1.82) is 0 Å². The van der Waals surface area contributed by atoms with Gasteiger partial charge < -0.3 is 9.30 Å². The molecule has 0 spiro atoms. The van der Waals surface area contributed by atoms with E-state index in [2.05, 4.69) is 9.72 Å². The number of sulfonamides is 1. The lowest BCUT2D eigenvalue weighted by molar-refractivity contribution is -0.140. The van der Waals surface area contributed by atoms with Gasteiger partial charge in [-0.1, -0.05) is 0 Å². The number of ether oxygens (including phenoxy) is 1. The largest absolute Gasteiger partial charge is 0.468 e. The quantitative estimate of drug-likeness (QED) is 0.707. The van der Waals surface area contributed by atoms with Gasteiger partial charge in [-0.15, -0.1) is 0 Å². The first-order chi connectivity index (χ1) is 8.32. The molecule has 7 nitrogen and oxygen atoms in total. The molecule has 1 aromatic rings. The fraction of sp³-hybridized carbons (Fsp3) is 0.600. The second kappa shape index (κ2) is 5.49. The number of hydrogen-bond acceptors (Lipinski definition) is 5. The number of esters is 1. The number of carbonyl (C=O) groups excluding carboxylic acids is 1. The van der Waals surface area contributed by atoms with Crippen LogP contribution in [0.2, 0.25) is 0 Å². The van der Waals surface area contributed by atoms with E-state index in [9.17, 15) is 13.2 Å². The van der Waals surface area contributed by atoms with Crippen molar-refractivity contribution in [2.75, 3.05) is 20.7 Å². The van der Waals surface area contributed by atoms with E-state index >= 15 is 0 Å². The zero-order valence-corrected chi connectivity index (χ0v) is 11.7. The lowest BCUT2D eigenvalue weighted by Crippen LogP contribution is -2.32. The minimum absolute atomic E-state index is 0.0618. The van der Waals surface area contributed by atoms with E-state index in [0.29, 0.717) is 12.4 Å². The molecular formula is C10H17N3O4S. The zero-order valence-electron chi connectivity index (χ0n) is 10.9. The van der Waals surface area contributed by atoms with Gasteiger partial charge in [0.15, 0.2) is 5.03 Å². The fourth-order valence-electron chi connectivity index (χ4n) is 1.41. The first kappa shape index (κ1) is 14.7. The molecule has 1 rings (SSSR count). The summed E-state index contributed by atoms with van der Waals surface area (Å²) in [7, 11) is -1.24. The molecule has 0 fully saturated rings. The molecular weight excluding hydrogens is 258 g/mol. The van der Waals surface area contributed by atoms with Gasteiger partial charge in [-0.2, -0.15) is 4.31 Å². The van der Waals surface area contributed by atoms with Crippen LogP contribution in [-0.4, -0.2) is 48.9 Å². The van der Waals surface area contributed by atoms with Crippen LogP contribution in [-0.2, 0) is 26.1 Å². The van der Waals surface area contributed by atoms with Gasteiger partial charge in [0.2, 0.25) is 0 Å². The Hall–Kier alpha value is -1.41. The molecule has 0 atom stereocenters. The number of aromatic nitrogens is 2. The Balaban J connectivity index is 3.01. The Morgan fingerprint density at radius 2 is 2.17 bits per heavy atom. The molecule has 0 saturated heterocycles. The molecule has 0 radical (unpaired) electrons. The Kier molecular flexibility index (Phi) is 4.47. The summed E-state index contributed by atoms with van der Waals surface area (Å²) in [5, 5.41) is -0.0618. The Morgan fingerprint density at radius 1 is 1.56 bits per heavy atom. The molecule has 0 N–H and O–H groups in total. The minimum atomic E-state index is -3.76. The van der Waals surface area contributed by atoms with Gasteiger partial charge in [-0.3, -0.25) is 4.79 Å². The van der Waals surface area contributed by atoms with Crippen LogP contribution >= 0.6 is 0 Å². The first-order valence-electron chi connectivity index (χ1n) is 5.39. The third-order valence-corrected chi connectivity index (χ3v) is 4.22. The van der Waals surface area contributed by atoms with Crippen molar-refractivity contribution in [3.05, 3.63) is 12.0 Å². The summed E-state index contributed by atoms with van der Waals surface area (Å²) in [5.41, 5.74) is 0. The maximum absolute atomic E-state index is 12.1. The molecule has 0 saturated carbocycles. The van der Waals surface area contributed by atoms with Crippen LogP contribution < -0.4 is 0 Å². The number of imidazole rings is 1. The van der Waals surface area contributed by atoms with E-state index in [0.717, 1.165) is 4.31 Å². The number of hydrogen-bond donors (Lipinski definition) is 0. The summed E-state index contributed by atoms with van der Waals surface area (Å²) in [6.07, 6.45) is 1.46. The SMILES string of the molecule is CCn1cc(S(=O)(=O)N(C)CC(=O)OC)nc1C. The predicted octanol–water partition coefficient (Wildman–Crippen LogP) is 0.00492. The van der Waals surface area contributed by atoms with Gasteiger partial charge in [-0.05, 0) is 13.8 Å². The topological polar surface area (TPSA) is 81.5 Å². The number of aryl methyl sites for hydroxylation is 2. The van der Waals surface area contributed by atoms with Crippen molar-refractivity contribution in [3.8, 4) is 0 Å². The third-order valence-electron chi connectivity index (χ3n) is 2.55. The summed E-state index contributed by atoms with van der Waals surface area (Å²) in [6.45, 7) is 3.91. The maximum Gasteiger partial charge on any atom is 0.321 e. The van der Waals surface area contributed by atoms with Gasteiger partial charge in [0.25, 0.3) is 10.0 Å². The van der Waals surface area contributed by atoms with Crippen molar-refractivity contribution in [2.45, 2.75) is 25.4 Å². The molecule has 18 heavy (non-hydrogen) atoms. The van der Waals surface area contributed by atoms with Crippen LogP contribution in [0.4, 0.5) is 0 Å². The normalized spacial score (nSPS) is 11.8. The summed E-state index contributed by atoms with van der Waals surface area (Å²) in [4.78, 5) is 15.1. The molecule has 0 aliphatic carbocycles. The predicted molar refractivity (Wildman–Crippen MR) is 64.5 cm³/mol. The van der Waals surface area contributed by atoms with Crippen LogP contribution in [0.5, 0.6) is 0 Å². The van der Waals surface area contributed by atoms with E-state index in [4.69, 9.17) is 0 Å². The molecule has 0 aromatic carbocycles. The lowest BCUT2D eigenvalue weighted by Gasteiger charge is -2.13. The van der Waals surface area contributed by atoms with E-state index in [1.54, 1.807) is 11.5 Å². The van der Waals surface area contributed by atoms with E-state index in [-0.39, 0.29) is 11.6 Å². The highest BCUT2D eigenvalue weighted by atomic mass is 32.2. The molecule has 0 bridgehead atoms. The molecule has 8 heteroatoms. The molecule has 102 valence electrons. The van der Waals surface area contributed by atoms with Crippen molar-refractivity contribution in [1.82, 2.24) is 13.9 Å². The molecule has 0 amide bonds. The summed E-state index contributed by atoms with van der Waals surface area (Å²) >= 11 is 0. The Morgan fingerprint density at radius 3 is 2.61 bits per heavy atom. The van der Waals surface area contributed by atoms with Crippen molar-refractivity contribution in [3.63, 3.8) is 0 Å². The van der Waals surface area contributed by atoms with E-state index in [1.165, 1.54) is 20.4 Å². The summed E-state index contributed by atoms with van der Waals surface area (Å²) in [5.74, 6) is -0.00439. The van der Waals surface area contributed by atoms with Crippen LogP contribution in [0.25, 0.3) is 0 Å². The molecule has 1 heterocycles. The first-order valence-corrected chi connectivity index (χ1v) is 6.83. The number of methoxy groups -OCH3 is 1. The van der Waals surface area contributed by atoms with Crippen LogP contribution in [0, 0.1) is 6.92 Å². The molecule has 0 aliphatic rings. The molecule has 0 unspecified atom stereocenters. The van der Waals surface area contributed by atoms with Gasteiger partial charge in [0, 0.05) is 19.8 Å². The van der Waals surface area contributed by atoms with Gasteiger partial charge in [0.05, 0.1) is 7.11 Å². The smallest absolute Gasteiger partial charge is 0.321 e. The standard InChI is InChI=1S/C10H17N3O4S/c1-5-13-6-9(11-8(13)2)18(15,16)12(3)7-10(14)17-4/h6H,5,7H2,1-4H3. The average Bonchev–Trinajstić information content (AvgIpc) is 2.70. The van der Waals surface area contributed by atoms with Gasteiger partial charge in [0.1, 0.15) is 12.4 Å². The second-order valence-electron chi connectivity index (χ2n) is 3.75. The number of rotatable bonds is 5. The second-order valence-corrected chi connectivity index (χ2v) is 5.74. The maximum atomic E-state index is 12.1. The molecule has 1 aromatic heterocycles. The molecule has 0 aliphatic heterocycles. The Bertz CT molecular complexity index is 535. The van der Waals surface area contributed by atoms with Crippen LogP contribution in [0.3, 0.4) is 0 Å². The number of nitrogens with zero attached hydrogens (tertiary/aromatic N) is 3. The zero-order chi connectivity index (χ0) is 13.9. The number of likely N-dealkylation sites (N-methyl/N-ethyl adjacent to an activating group) is 1. The highest BCUT2D eigenvalue weighted by Gasteiger charge is 2.26. The highest BCUT2D eigenvalue weighted by Crippen LogP contribution is 2.13. The van der Waals surface area contributed by atoms with E-state index < -0.39 is 16.0 Å².